The van der Waals surface area contributed by atoms with E-state index in [-0.39, 0.29) is 6.54 Å². The van der Waals surface area contributed by atoms with E-state index in [1.807, 2.05) is 36.1 Å². The molecule has 1 fully saturated rings. The lowest BCUT2D eigenvalue weighted by atomic mass is 9.99. The highest BCUT2D eigenvalue weighted by molar-refractivity contribution is 5.31. The van der Waals surface area contributed by atoms with E-state index in [0.717, 1.165) is 30.7 Å². The molecule has 0 amide bonds. The zero-order chi connectivity index (χ0) is 15.3. The first-order valence-electron chi connectivity index (χ1n) is 7.41. The summed E-state index contributed by atoms with van der Waals surface area (Å²) in [6.45, 7) is 4.13. The minimum Gasteiger partial charge on any atom is -0.493 e. The van der Waals surface area contributed by atoms with Gasteiger partial charge in [-0.3, -0.25) is 0 Å². The third-order valence-electron chi connectivity index (χ3n) is 3.88. The Balaban J connectivity index is 1.78. The monoisotopic (exact) mass is 301 g/mol. The highest BCUT2D eigenvalue weighted by Crippen LogP contribution is 2.24. The predicted octanol–water partition coefficient (Wildman–Crippen LogP) is 4.04. The van der Waals surface area contributed by atoms with Crippen molar-refractivity contribution in [1.29, 1.82) is 0 Å². The molecule has 2 rings (SSSR count). The molecule has 1 aromatic rings. The number of hydrogen-bond acceptors (Lipinski definition) is 2. The standard InChI is InChI=1S/C16H22F3NO/c1-13-5-2-3-7-15(13)21-12-14-6-4-9-20(11-14)10-8-16(17,18)19/h2-3,5,7,14H,4,6,8-12H2,1H3/t14-/m1/s1. The van der Waals surface area contributed by atoms with Crippen LogP contribution in [0.5, 0.6) is 5.75 Å². The Kier molecular flexibility index (Phi) is 5.51. The molecule has 118 valence electrons. The Labute approximate surface area is 123 Å². The van der Waals surface area contributed by atoms with Crippen LogP contribution in [0.15, 0.2) is 24.3 Å². The minimum atomic E-state index is -4.06. The first kappa shape index (κ1) is 16.1. The third kappa shape index (κ3) is 5.58. The van der Waals surface area contributed by atoms with Gasteiger partial charge >= 0.3 is 6.18 Å². The summed E-state index contributed by atoms with van der Waals surface area (Å²) in [5, 5.41) is 0. The first-order valence-corrected chi connectivity index (χ1v) is 7.41. The van der Waals surface area contributed by atoms with Gasteiger partial charge in [0.05, 0.1) is 13.0 Å². The number of hydrogen-bond donors (Lipinski definition) is 0. The Morgan fingerprint density at radius 1 is 1.29 bits per heavy atom. The van der Waals surface area contributed by atoms with Crippen molar-refractivity contribution >= 4 is 0 Å². The molecule has 0 saturated carbocycles. The summed E-state index contributed by atoms with van der Waals surface area (Å²) >= 11 is 0. The lowest BCUT2D eigenvalue weighted by Gasteiger charge is -2.32. The molecule has 0 radical (unpaired) electrons. The van der Waals surface area contributed by atoms with Crippen molar-refractivity contribution in [2.45, 2.75) is 32.4 Å². The molecule has 0 unspecified atom stereocenters. The van der Waals surface area contributed by atoms with E-state index in [1.54, 1.807) is 0 Å². The Morgan fingerprint density at radius 2 is 2.05 bits per heavy atom. The number of aryl methyl sites for hydroxylation is 1. The van der Waals surface area contributed by atoms with E-state index in [4.69, 9.17) is 4.74 Å². The van der Waals surface area contributed by atoms with Gasteiger partial charge in [0.1, 0.15) is 5.75 Å². The summed E-state index contributed by atoms with van der Waals surface area (Å²) in [6.07, 6.45) is -2.82. The van der Waals surface area contributed by atoms with Crippen molar-refractivity contribution < 1.29 is 17.9 Å². The van der Waals surface area contributed by atoms with Crippen LogP contribution in [0.25, 0.3) is 0 Å². The van der Waals surface area contributed by atoms with Gasteiger partial charge in [-0.25, -0.2) is 0 Å². The Hall–Kier alpha value is -1.23. The first-order chi connectivity index (χ1) is 9.94. The van der Waals surface area contributed by atoms with E-state index in [2.05, 4.69) is 0 Å². The zero-order valence-corrected chi connectivity index (χ0v) is 12.3. The molecule has 1 saturated heterocycles. The second-order valence-corrected chi connectivity index (χ2v) is 5.75. The number of halogens is 3. The normalized spacial score (nSPS) is 20.5. The van der Waals surface area contributed by atoms with Gasteiger partial charge < -0.3 is 9.64 Å². The third-order valence-corrected chi connectivity index (χ3v) is 3.88. The molecule has 1 heterocycles. The number of alkyl halides is 3. The second-order valence-electron chi connectivity index (χ2n) is 5.75. The van der Waals surface area contributed by atoms with E-state index >= 15 is 0 Å². The number of piperidine rings is 1. The molecule has 1 atom stereocenters. The highest BCUT2D eigenvalue weighted by Gasteiger charge is 2.29. The topological polar surface area (TPSA) is 12.5 Å². The average molecular weight is 301 g/mol. The van der Waals surface area contributed by atoms with Crippen LogP contribution in [-0.4, -0.2) is 37.3 Å². The van der Waals surface area contributed by atoms with E-state index in [9.17, 15) is 13.2 Å². The van der Waals surface area contributed by atoms with Crippen LogP contribution in [0.1, 0.15) is 24.8 Å². The van der Waals surface area contributed by atoms with Gasteiger partial charge in [-0.05, 0) is 37.9 Å². The van der Waals surface area contributed by atoms with Crippen LogP contribution in [0.4, 0.5) is 13.2 Å². The number of ether oxygens (including phenoxy) is 1. The fourth-order valence-electron chi connectivity index (χ4n) is 2.70. The summed E-state index contributed by atoms with van der Waals surface area (Å²) in [4.78, 5) is 1.91. The minimum absolute atomic E-state index is 0.102. The van der Waals surface area contributed by atoms with Gasteiger partial charge in [-0.2, -0.15) is 13.2 Å². The van der Waals surface area contributed by atoms with Crippen LogP contribution in [0.3, 0.4) is 0 Å². The van der Waals surface area contributed by atoms with Crippen molar-refractivity contribution in [3.8, 4) is 5.75 Å². The zero-order valence-electron chi connectivity index (χ0n) is 12.3. The average Bonchev–Trinajstić information content (AvgIpc) is 2.44. The molecule has 1 aliphatic rings. The number of para-hydroxylation sites is 1. The summed E-state index contributed by atoms with van der Waals surface area (Å²) in [6, 6.07) is 7.81. The molecule has 2 nitrogen and oxygen atoms in total. The van der Waals surface area contributed by atoms with Crippen LogP contribution < -0.4 is 4.74 Å². The molecule has 0 N–H and O–H groups in total. The van der Waals surface area contributed by atoms with Gasteiger partial charge in [-0.1, -0.05) is 18.2 Å². The quantitative estimate of drug-likeness (QED) is 0.814. The van der Waals surface area contributed by atoms with Crippen LogP contribution in [0, 0.1) is 12.8 Å². The van der Waals surface area contributed by atoms with E-state index < -0.39 is 12.6 Å². The Morgan fingerprint density at radius 3 is 2.76 bits per heavy atom. The van der Waals surface area contributed by atoms with Crippen molar-refractivity contribution in [2.24, 2.45) is 5.92 Å². The van der Waals surface area contributed by atoms with Gasteiger partial charge in [0, 0.05) is 19.0 Å². The van der Waals surface area contributed by atoms with Gasteiger partial charge in [0.2, 0.25) is 0 Å². The maximum Gasteiger partial charge on any atom is 0.390 e. The molecule has 1 aliphatic heterocycles. The van der Waals surface area contributed by atoms with E-state index in [1.165, 1.54) is 0 Å². The molecule has 0 aliphatic carbocycles. The lowest BCUT2D eigenvalue weighted by molar-refractivity contribution is -0.138. The van der Waals surface area contributed by atoms with Gasteiger partial charge in [-0.15, -0.1) is 0 Å². The van der Waals surface area contributed by atoms with Crippen molar-refractivity contribution in [1.82, 2.24) is 4.90 Å². The summed E-state index contributed by atoms with van der Waals surface area (Å²) < 4.78 is 42.6. The molecule has 21 heavy (non-hydrogen) atoms. The molecule has 5 heteroatoms. The van der Waals surface area contributed by atoms with Gasteiger partial charge in [0.25, 0.3) is 0 Å². The van der Waals surface area contributed by atoms with Crippen molar-refractivity contribution in [3.63, 3.8) is 0 Å². The van der Waals surface area contributed by atoms with Crippen LogP contribution >= 0.6 is 0 Å². The van der Waals surface area contributed by atoms with Gasteiger partial charge in [0.15, 0.2) is 0 Å². The molecule has 1 aromatic carbocycles. The fourth-order valence-corrected chi connectivity index (χ4v) is 2.70. The van der Waals surface area contributed by atoms with Crippen molar-refractivity contribution in [3.05, 3.63) is 29.8 Å². The molecule has 0 aromatic heterocycles. The second kappa shape index (κ2) is 7.16. The molecule has 0 bridgehead atoms. The maximum atomic E-state index is 12.3. The SMILES string of the molecule is Cc1ccccc1OC[C@@H]1CCCN(CCC(F)(F)F)C1. The smallest absolute Gasteiger partial charge is 0.390 e. The van der Waals surface area contributed by atoms with Crippen LogP contribution in [-0.2, 0) is 0 Å². The van der Waals surface area contributed by atoms with E-state index in [0.29, 0.717) is 19.1 Å². The fraction of sp³-hybridized carbons (Fsp3) is 0.625. The molecular weight excluding hydrogens is 279 g/mol. The maximum absolute atomic E-state index is 12.3. The summed E-state index contributed by atoms with van der Waals surface area (Å²) in [5.41, 5.74) is 1.09. The largest absolute Gasteiger partial charge is 0.493 e. The predicted molar refractivity (Wildman–Crippen MR) is 76.5 cm³/mol. The number of nitrogens with zero attached hydrogens (tertiary/aromatic N) is 1. The number of rotatable bonds is 5. The molecule has 0 spiro atoms. The number of likely N-dealkylation sites (tertiary alicyclic amines) is 1. The molecular formula is C16H22F3NO. The lowest BCUT2D eigenvalue weighted by Crippen LogP contribution is -2.39. The highest BCUT2D eigenvalue weighted by atomic mass is 19.4. The van der Waals surface area contributed by atoms with Crippen molar-refractivity contribution in [2.75, 3.05) is 26.2 Å². The van der Waals surface area contributed by atoms with Crippen LogP contribution in [0.2, 0.25) is 0 Å². The number of benzene rings is 1. The summed E-state index contributed by atoms with van der Waals surface area (Å²) in [5.74, 6) is 1.18. The summed E-state index contributed by atoms with van der Waals surface area (Å²) in [7, 11) is 0. The Bertz CT molecular complexity index is 447.